The van der Waals surface area contributed by atoms with Crippen molar-refractivity contribution < 1.29 is 9.84 Å². The molecule has 0 saturated carbocycles. The molecule has 0 amide bonds. The number of nitrogens with one attached hydrogen (secondary N) is 1. The fourth-order valence-corrected chi connectivity index (χ4v) is 2.72. The van der Waals surface area contributed by atoms with E-state index in [0.717, 1.165) is 43.3 Å². The van der Waals surface area contributed by atoms with Crippen LogP contribution in [0.3, 0.4) is 0 Å². The van der Waals surface area contributed by atoms with Gasteiger partial charge in [-0.05, 0) is 24.3 Å². The van der Waals surface area contributed by atoms with Crippen molar-refractivity contribution in [1.29, 1.82) is 0 Å². The van der Waals surface area contributed by atoms with Gasteiger partial charge in [-0.2, -0.15) is 0 Å². The Morgan fingerprint density at radius 2 is 2.08 bits per heavy atom. The minimum Gasteiger partial charge on any atom is -0.494 e. The van der Waals surface area contributed by atoms with E-state index < -0.39 is 0 Å². The zero-order chi connectivity index (χ0) is 16.4. The molecule has 2 N–H and O–H groups in total. The number of aromatic hydroxyl groups is 1. The lowest BCUT2D eigenvalue weighted by Crippen LogP contribution is -2.36. The summed E-state index contributed by atoms with van der Waals surface area (Å²) in [6, 6.07) is 7.53. The number of nitrogens with zero attached hydrogens (tertiary/aromatic N) is 4. The van der Waals surface area contributed by atoms with Gasteiger partial charge in [-0.25, -0.2) is 4.98 Å². The van der Waals surface area contributed by atoms with Crippen LogP contribution in [0.25, 0.3) is 11.0 Å². The molecule has 1 aliphatic heterocycles. The maximum atomic E-state index is 10.0. The molecular formula is C17H17N5O2. The lowest BCUT2D eigenvalue weighted by atomic mass is 10.3. The summed E-state index contributed by atoms with van der Waals surface area (Å²) >= 11 is 0. The van der Waals surface area contributed by atoms with E-state index in [1.165, 1.54) is 0 Å². The van der Waals surface area contributed by atoms with Crippen LogP contribution in [0, 0.1) is 0 Å². The van der Waals surface area contributed by atoms with Crippen molar-refractivity contribution in [3.8, 4) is 5.88 Å². The summed E-state index contributed by atoms with van der Waals surface area (Å²) in [5, 5.41) is 10.0. The highest BCUT2D eigenvalue weighted by Crippen LogP contribution is 2.24. The molecule has 0 unspecified atom stereocenters. The second-order valence-electron chi connectivity index (χ2n) is 5.52. The first-order chi connectivity index (χ1) is 11.8. The quantitative estimate of drug-likeness (QED) is 0.722. The fraction of sp³-hybridized carbons (Fsp3) is 0.235. The Bertz CT molecular complexity index is 866. The van der Waals surface area contributed by atoms with Crippen LogP contribution in [0.4, 0.5) is 11.5 Å². The van der Waals surface area contributed by atoms with Crippen molar-refractivity contribution >= 4 is 28.8 Å². The fourth-order valence-electron chi connectivity index (χ4n) is 2.72. The van der Waals surface area contributed by atoms with Gasteiger partial charge in [-0.1, -0.05) is 0 Å². The van der Waals surface area contributed by atoms with E-state index in [1.54, 1.807) is 18.6 Å². The highest BCUT2D eigenvalue weighted by molar-refractivity contribution is 6.00. The predicted octanol–water partition coefficient (Wildman–Crippen LogP) is 2.25. The largest absolute Gasteiger partial charge is 0.494 e. The molecule has 0 aliphatic carbocycles. The van der Waals surface area contributed by atoms with Crippen LogP contribution < -0.4 is 4.90 Å². The summed E-state index contributed by atoms with van der Waals surface area (Å²) in [6.45, 7) is 3.16. The average molecular weight is 323 g/mol. The van der Waals surface area contributed by atoms with Crippen molar-refractivity contribution in [2.45, 2.75) is 0 Å². The number of ether oxygens (including phenoxy) is 1. The number of anilines is 1. The number of fused-ring (bicyclic) bond motifs is 1. The van der Waals surface area contributed by atoms with E-state index in [2.05, 4.69) is 24.8 Å². The van der Waals surface area contributed by atoms with Gasteiger partial charge in [-0.15, -0.1) is 0 Å². The Balaban J connectivity index is 1.56. The summed E-state index contributed by atoms with van der Waals surface area (Å²) in [7, 11) is 0. The molecule has 1 saturated heterocycles. The highest BCUT2D eigenvalue weighted by Gasteiger charge is 2.12. The number of H-pyrrole nitrogens is 1. The second-order valence-corrected chi connectivity index (χ2v) is 5.52. The smallest absolute Gasteiger partial charge is 0.200 e. The summed E-state index contributed by atoms with van der Waals surface area (Å²) in [5.74, 6) is 0.985. The molecule has 1 fully saturated rings. The Kier molecular flexibility index (Phi) is 3.84. The lowest BCUT2D eigenvalue weighted by molar-refractivity contribution is 0.122. The Hall–Kier alpha value is -2.93. The molecule has 122 valence electrons. The zero-order valence-electron chi connectivity index (χ0n) is 13.0. The summed E-state index contributed by atoms with van der Waals surface area (Å²) < 4.78 is 5.35. The first-order valence-electron chi connectivity index (χ1n) is 7.80. The third-order valence-electron chi connectivity index (χ3n) is 3.98. The number of hydrogen-bond acceptors (Lipinski definition) is 6. The molecule has 0 aromatic carbocycles. The first-order valence-corrected chi connectivity index (χ1v) is 7.80. The molecule has 1 aliphatic rings. The monoisotopic (exact) mass is 323 g/mol. The standard InChI is InChI=1S/C17H17N5O2/c23-17-13(16-14(21-17)2-1-5-18-16)11-19-12-3-4-15(20-10-12)22-6-8-24-9-7-22/h1-5,10-11,21,23H,6-9H2. The topological polar surface area (TPSA) is 86.6 Å². The molecule has 7 nitrogen and oxygen atoms in total. The van der Waals surface area contributed by atoms with Gasteiger partial charge in [0.15, 0.2) is 5.88 Å². The highest BCUT2D eigenvalue weighted by atomic mass is 16.5. The van der Waals surface area contributed by atoms with Gasteiger partial charge in [0.1, 0.15) is 11.3 Å². The molecule has 0 atom stereocenters. The number of hydrogen-bond donors (Lipinski definition) is 2. The van der Waals surface area contributed by atoms with Gasteiger partial charge in [0, 0.05) is 25.5 Å². The Morgan fingerprint density at radius 1 is 1.21 bits per heavy atom. The number of pyridine rings is 2. The molecule has 4 rings (SSSR count). The average Bonchev–Trinajstić information content (AvgIpc) is 2.96. The Morgan fingerprint density at radius 3 is 2.88 bits per heavy atom. The number of aromatic nitrogens is 3. The van der Waals surface area contributed by atoms with Gasteiger partial charge >= 0.3 is 0 Å². The number of morpholine rings is 1. The summed E-state index contributed by atoms with van der Waals surface area (Å²) in [5.41, 5.74) is 2.76. The third-order valence-corrected chi connectivity index (χ3v) is 3.98. The number of aliphatic imine (C=N–C) groups is 1. The minimum absolute atomic E-state index is 0.0605. The SMILES string of the molecule is Oc1[nH]c2cccnc2c1C=Nc1ccc(N2CCOCC2)nc1. The third kappa shape index (κ3) is 2.81. The van der Waals surface area contributed by atoms with Crippen LogP contribution in [0.1, 0.15) is 5.56 Å². The van der Waals surface area contributed by atoms with E-state index in [9.17, 15) is 5.11 Å². The van der Waals surface area contributed by atoms with Gasteiger partial charge in [-0.3, -0.25) is 9.98 Å². The van der Waals surface area contributed by atoms with Gasteiger partial charge in [0.25, 0.3) is 0 Å². The lowest BCUT2D eigenvalue weighted by Gasteiger charge is -2.27. The molecular weight excluding hydrogens is 306 g/mol. The van der Waals surface area contributed by atoms with E-state index in [-0.39, 0.29) is 5.88 Å². The predicted molar refractivity (Wildman–Crippen MR) is 92.3 cm³/mol. The van der Waals surface area contributed by atoms with Gasteiger partial charge in [0.2, 0.25) is 0 Å². The van der Waals surface area contributed by atoms with Crippen molar-refractivity contribution in [1.82, 2.24) is 15.0 Å². The minimum atomic E-state index is 0.0605. The van der Waals surface area contributed by atoms with E-state index in [0.29, 0.717) is 11.1 Å². The van der Waals surface area contributed by atoms with Crippen molar-refractivity contribution in [3.05, 3.63) is 42.2 Å². The van der Waals surface area contributed by atoms with Crippen molar-refractivity contribution in [2.24, 2.45) is 4.99 Å². The molecule has 24 heavy (non-hydrogen) atoms. The van der Waals surface area contributed by atoms with E-state index in [1.807, 2.05) is 24.3 Å². The van der Waals surface area contributed by atoms with Crippen molar-refractivity contribution in [2.75, 3.05) is 31.2 Å². The molecule has 3 aromatic heterocycles. The van der Waals surface area contributed by atoms with Crippen LogP contribution in [0.5, 0.6) is 5.88 Å². The second kappa shape index (κ2) is 6.29. The Labute approximate surface area is 138 Å². The van der Waals surface area contributed by atoms with Crippen LogP contribution in [0.15, 0.2) is 41.7 Å². The van der Waals surface area contributed by atoms with Crippen LogP contribution in [-0.4, -0.2) is 52.6 Å². The van der Waals surface area contributed by atoms with E-state index >= 15 is 0 Å². The van der Waals surface area contributed by atoms with Crippen molar-refractivity contribution in [3.63, 3.8) is 0 Å². The zero-order valence-corrected chi connectivity index (χ0v) is 13.0. The summed E-state index contributed by atoms with van der Waals surface area (Å²) in [6.07, 6.45) is 5.01. The molecule has 0 bridgehead atoms. The molecule has 7 heteroatoms. The number of aromatic amines is 1. The maximum Gasteiger partial charge on any atom is 0.200 e. The molecule has 0 radical (unpaired) electrons. The van der Waals surface area contributed by atoms with Crippen LogP contribution in [0.2, 0.25) is 0 Å². The van der Waals surface area contributed by atoms with E-state index in [4.69, 9.17) is 4.74 Å². The molecule has 4 heterocycles. The molecule has 0 spiro atoms. The summed E-state index contributed by atoms with van der Waals surface area (Å²) in [4.78, 5) is 18.2. The van der Waals surface area contributed by atoms with Gasteiger partial charge in [0.05, 0.1) is 36.2 Å². The first kappa shape index (κ1) is 14.6. The van der Waals surface area contributed by atoms with Crippen LogP contribution >= 0.6 is 0 Å². The van der Waals surface area contributed by atoms with Gasteiger partial charge < -0.3 is 19.7 Å². The molecule has 3 aromatic rings. The number of rotatable bonds is 3. The maximum absolute atomic E-state index is 10.0. The normalized spacial score (nSPS) is 15.4. The van der Waals surface area contributed by atoms with Crippen LogP contribution in [-0.2, 0) is 4.74 Å².